The fourth-order valence-electron chi connectivity index (χ4n) is 2.26. The predicted molar refractivity (Wildman–Crippen MR) is 84.3 cm³/mol. The van der Waals surface area contributed by atoms with E-state index in [1.807, 2.05) is 30.5 Å². The van der Waals surface area contributed by atoms with Crippen LogP contribution >= 0.6 is 24.2 Å². The molecule has 1 aromatic carbocycles. The number of hydrogen-bond acceptors (Lipinski definition) is 3. The summed E-state index contributed by atoms with van der Waals surface area (Å²) in [5.74, 6) is 0.801. The molecule has 3 nitrogen and oxygen atoms in total. The number of thioether (sulfide) groups is 1. The Morgan fingerprint density at radius 3 is 2.95 bits per heavy atom. The number of carbonyl (C=O) groups excluding carboxylic acids is 1. The molecule has 0 aliphatic carbocycles. The van der Waals surface area contributed by atoms with Crippen molar-refractivity contribution in [2.24, 2.45) is 5.92 Å². The monoisotopic (exact) mass is 300 g/mol. The highest BCUT2D eigenvalue weighted by Crippen LogP contribution is 2.25. The molecule has 1 saturated heterocycles. The summed E-state index contributed by atoms with van der Waals surface area (Å²) < 4.78 is 0. The summed E-state index contributed by atoms with van der Waals surface area (Å²) in [4.78, 5) is 13.0. The van der Waals surface area contributed by atoms with Gasteiger partial charge in [0.2, 0.25) is 5.91 Å². The van der Waals surface area contributed by atoms with E-state index in [4.69, 9.17) is 0 Å². The molecule has 0 aromatic heterocycles. The van der Waals surface area contributed by atoms with Crippen LogP contribution < -0.4 is 10.6 Å². The van der Waals surface area contributed by atoms with Crippen molar-refractivity contribution in [3.8, 4) is 0 Å². The molecule has 1 aliphatic rings. The van der Waals surface area contributed by atoms with Crippen LogP contribution in [0, 0.1) is 5.92 Å². The van der Waals surface area contributed by atoms with Gasteiger partial charge >= 0.3 is 0 Å². The molecule has 1 heterocycles. The van der Waals surface area contributed by atoms with Gasteiger partial charge in [0.15, 0.2) is 0 Å². The number of para-hydroxylation sites is 1. The first-order chi connectivity index (χ1) is 8.79. The zero-order chi connectivity index (χ0) is 12.8. The zero-order valence-corrected chi connectivity index (χ0v) is 12.8. The number of benzene rings is 1. The maximum atomic E-state index is 11.9. The van der Waals surface area contributed by atoms with Crippen molar-refractivity contribution in [2.75, 3.05) is 24.7 Å². The lowest BCUT2D eigenvalue weighted by atomic mass is 10.0. The Labute approximate surface area is 125 Å². The van der Waals surface area contributed by atoms with Gasteiger partial charge in [0.25, 0.3) is 0 Å². The Kier molecular flexibility index (Phi) is 7.28. The Balaban J connectivity index is 0.00000180. The van der Waals surface area contributed by atoms with Crippen LogP contribution in [0.3, 0.4) is 0 Å². The van der Waals surface area contributed by atoms with Gasteiger partial charge in [0.05, 0.1) is 5.69 Å². The molecule has 19 heavy (non-hydrogen) atoms. The predicted octanol–water partition coefficient (Wildman–Crippen LogP) is 3.16. The normalized spacial score (nSPS) is 17.8. The third kappa shape index (κ3) is 5.05. The summed E-state index contributed by atoms with van der Waals surface area (Å²) >= 11 is 1.66. The first kappa shape index (κ1) is 16.3. The molecule has 0 radical (unpaired) electrons. The molecular weight excluding hydrogens is 280 g/mol. The van der Waals surface area contributed by atoms with E-state index in [0.29, 0.717) is 12.3 Å². The van der Waals surface area contributed by atoms with Crippen LogP contribution in [0.25, 0.3) is 0 Å². The van der Waals surface area contributed by atoms with Gasteiger partial charge in [-0.1, -0.05) is 12.1 Å². The maximum Gasteiger partial charge on any atom is 0.224 e. The van der Waals surface area contributed by atoms with Crippen molar-refractivity contribution in [1.29, 1.82) is 0 Å². The molecular formula is C14H21ClN2OS. The highest BCUT2D eigenvalue weighted by atomic mass is 35.5. The molecule has 2 N–H and O–H groups in total. The average molecular weight is 301 g/mol. The van der Waals surface area contributed by atoms with Crippen LogP contribution in [-0.4, -0.2) is 25.3 Å². The van der Waals surface area contributed by atoms with Crippen LogP contribution in [0.5, 0.6) is 0 Å². The van der Waals surface area contributed by atoms with Gasteiger partial charge in [-0.3, -0.25) is 4.79 Å². The minimum Gasteiger partial charge on any atom is -0.325 e. The van der Waals surface area contributed by atoms with Crippen LogP contribution in [0.2, 0.25) is 0 Å². The van der Waals surface area contributed by atoms with Crippen LogP contribution in [0.15, 0.2) is 29.2 Å². The van der Waals surface area contributed by atoms with Crippen molar-refractivity contribution < 1.29 is 4.79 Å². The Hall–Kier alpha value is -0.710. The van der Waals surface area contributed by atoms with Gasteiger partial charge in [-0.25, -0.2) is 0 Å². The number of halogens is 1. The van der Waals surface area contributed by atoms with Gasteiger partial charge in [-0.15, -0.1) is 24.2 Å². The molecule has 1 amide bonds. The number of nitrogens with one attached hydrogen (secondary N) is 2. The summed E-state index contributed by atoms with van der Waals surface area (Å²) in [5.41, 5.74) is 0.930. The first-order valence-corrected chi connectivity index (χ1v) is 7.65. The minimum atomic E-state index is 0. The third-order valence-corrected chi connectivity index (χ3v) is 4.12. The second-order valence-electron chi connectivity index (χ2n) is 4.65. The molecule has 1 aliphatic heterocycles. The lowest BCUT2D eigenvalue weighted by Gasteiger charge is -2.11. The quantitative estimate of drug-likeness (QED) is 0.821. The molecule has 0 bridgehead atoms. The first-order valence-electron chi connectivity index (χ1n) is 6.43. The highest BCUT2D eigenvalue weighted by molar-refractivity contribution is 7.98. The standard InChI is InChI=1S/C14H20N2OS.ClH/c1-18-13-5-3-2-4-12(13)16-14(17)7-6-11-8-9-15-10-11;/h2-5,11,15H,6-10H2,1H3,(H,16,17);1H. The van der Waals surface area contributed by atoms with E-state index in [1.165, 1.54) is 6.42 Å². The molecule has 106 valence electrons. The lowest BCUT2D eigenvalue weighted by Crippen LogP contribution is -2.15. The van der Waals surface area contributed by atoms with E-state index < -0.39 is 0 Å². The number of amides is 1. The summed E-state index contributed by atoms with van der Waals surface area (Å²) in [5, 5.41) is 6.33. The van der Waals surface area contributed by atoms with Crippen molar-refractivity contribution in [3.63, 3.8) is 0 Å². The Bertz CT molecular complexity index is 408. The number of carbonyl (C=O) groups is 1. The summed E-state index contributed by atoms with van der Waals surface area (Å²) in [6, 6.07) is 7.93. The second-order valence-corrected chi connectivity index (χ2v) is 5.49. The van der Waals surface area contributed by atoms with E-state index in [2.05, 4.69) is 10.6 Å². The van der Waals surface area contributed by atoms with E-state index >= 15 is 0 Å². The minimum absolute atomic E-state index is 0. The van der Waals surface area contributed by atoms with E-state index in [9.17, 15) is 4.79 Å². The third-order valence-electron chi connectivity index (χ3n) is 3.32. The number of anilines is 1. The topological polar surface area (TPSA) is 41.1 Å². The molecule has 2 rings (SSSR count). The van der Waals surface area contributed by atoms with E-state index in [1.54, 1.807) is 11.8 Å². The van der Waals surface area contributed by atoms with Crippen LogP contribution in [0.4, 0.5) is 5.69 Å². The van der Waals surface area contributed by atoms with Gasteiger partial charge < -0.3 is 10.6 Å². The highest BCUT2D eigenvalue weighted by Gasteiger charge is 2.15. The van der Waals surface area contributed by atoms with Crippen molar-refractivity contribution >= 4 is 35.8 Å². The van der Waals surface area contributed by atoms with Gasteiger partial charge in [-0.05, 0) is 50.2 Å². The maximum absolute atomic E-state index is 11.9. The fraction of sp³-hybridized carbons (Fsp3) is 0.500. The zero-order valence-electron chi connectivity index (χ0n) is 11.1. The molecule has 0 spiro atoms. The Morgan fingerprint density at radius 1 is 1.47 bits per heavy atom. The van der Waals surface area contributed by atoms with Crippen molar-refractivity contribution in [3.05, 3.63) is 24.3 Å². The average Bonchev–Trinajstić information content (AvgIpc) is 2.90. The van der Waals surface area contributed by atoms with Gasteiger partial charge in [0.1, 0.15) is 0 Å². The van der Waals surface area contributed by atoms with Crippen LogP contribution in [0.1, 0.15) is 19.3 Å². The molecule has 1 atom stereocenters. The molecule has 5 heteroatoms. The molecule has 0 saturated carbocycles. The SMILES string of the molecule is CSc1ccccc1NC(=O)CCC1CCNC1.Cl. The summed E-state index contributed by atoms with van der Waals surface area (Å²) in [6.45, 7) is 2.16. The fourth-order valence-corrected chi connectivity index (χ4v) is 2.81. The number of hydrogen-bond donors (Lipinski definition) is 2. The Morgan fingerprint density at radius 2 is 2.26 bits per heavy atom. The summed E-state index contributed by atoms with van der Waals surface area (Å²) in [7, 11) is 0. The molecule has 1 aromatic rings. The number of rotatable bonds is 5. The lowest BCUT2D eigenvalue weighted by molar-refractivity contribution is -0.116. The van der Waals surface area contributed by atoms with Gasteiger partial charge in [0, 0.05) is 11.3 Å². The van der Waals surface area contributed by atoms with Crippen molar-refractivity contribution in [1.82, 2.24) is 5.32 Å². The second kappa shape index (κ2) is 8.46. The molecule has 1 unspecified atom stereocenters. The smallest absolute Gasteiger partial charge is 0.224 e. The van der Waals surface area contributed by atoms with Crippen molar-refractivity contribution in [2.45, 2.75) is 24.2 Å². The largest absolute Gasteiger partial charge is 0.325 e. The van der Waals surface area contributed by atoms with Crippen LogP contribution in [-0.2, 0) is 4.79 Å². The molecule has 1 fully saturated rings. The summed E-state index contributed by atoms with van der Waals surface area (Å²) in [6.07, 6.45) is 4.83. The van der Waals surface area contributed by atoms with E-state index in [-0.39, 0.29) is 18.3 Å². The van der Waals surface area contributed by atoms with Gasteiger partial charge in [-0.2, -0.15) is 0 Å². The van der Waals surface area contributed by atoms with E-state index in [0.717, 1.165) is 30.1 Å².